The molecule has 0 unspecified atom stereocenters. The van der Waals surface area contributed by atoms with Crippen LogP contribution in [0.4, 0.5) is 30.6 Å². The molecule has 38 heavy (non-hydrogen) atoms. The fraction of sp³-hybridized carbons (Fsp3) is 0.391. The van der Waals surface area contributed by atoms with Crippen LogP contribution in [0.2, 0.25) is 0 Å². The van der Waals surface area contributed by atoms with Crippen LogP contribution < -0.4 is 11.1 Å². The highest BCUT2D eigenvalue weighted by Crippen LogP contribution is 2.44. The van der Waals surface area contributed by atoms with Gasteiger partial charge in [-0.25, -0.2) is 23.4 Å². The smallest absolute Gasteiger partial charge is 0.384 e. The zero-order chi connectivity index (χ0) is 26.8. The van der Waals surface area contributed by atoms with Crippen molar-refractivity contribution in [2.45, 2.75) is 35.9 Å². The number of nitrogens with two attached hydrogens (primary N) is 1. The van der Waals surface area contributed by atoms with Gasteiger partial charge in [-0.2, -0.15) is 13.2 Å². The zero-order valence-electron chi connectivity index (χ0n) is 19.7. The molecule has 2 fully saturated rings. The minimum atomic E-state index is -4.82. The molecule has 1 amide bonds. The monoisotopic (exact) mass is 566 g/mol. The summed E-state index contributed by atoms with van der Waals surface area (Å²) in [4.78, 5) is 26.5. The molecule has 3 aromatic heterocycles. The maximum atomic E-state index is 14.0. The number of halogens is 3. The molecule has 1 aliphatic carbocycles. The third-order valence-electron chi connectivity index (χ3n) is 6.63. The molecule has 3 aromatic rings. The van der Waals surface area contributed by atoms with Gasteiger partial charge in [0.15, 0.2) is 9.84 Å². The summed E-state index contributed by atoms with van der Waals surface area (Å²) >= 11 is 0.675. The standard InChI is InChI=1S/C23H21F3N6O4S2/c24-23(25,26)13-8-28-22(29-14-3-4-17(27)30-18(14)11-1-2-11)31-19(13)15-7-16-20(37-15)21(33)32(12-9-36-10-12)5-6-38(16,34)35/h3-4,7-8,11-12H,1-2,5-6,9-10H2,(H2,27,30)(H,28,29,31). The number of amides is 1. The Balaban J connectivity index is 1.43. The zero-order valence-corrected chi connectivity index (χ0v) is 21.3. The SMILES string of the molecule is Nc1ccc(Nc2ncc(C(F)(F)F)c(-c3cc4c(s3)C(=O)N(C3COC3)CCS4(=O)=O)n2)c(C2CC2)n1. The number of nitrogens with zero attached hydrogens (tertiary/aromatic N) is 4. The highest BCUT2D eigenvalue weighted by Gasteiger charge is 2.41. The molecular formula is C23H21F3N6O4S2. The molecule has 6 rings (SSSR count). The Morgan fingerprint density at radius 1 is 1.18 bits per heavy atom. The number of carbonyl (C=O) groups excluding carboxylic acids is 1. The number of anilines is 3. The highest BCUT2D eigenvalue weighted by atomic mass is 32.2. The fourth-order valence-corrected chi connectivity index (χ4v) is 7.32. The second kappa shape index (κ2) is 8.88. The average Bonchev–Trinajstić information content (AvgIpc) is 3.58. The van der Waals surface area contributed by atoms with Gasteiger partial charge in [0.2, 0.25) is 5.95 Å². The number of hydrogen-bond acceptors (Lipinski definition) is 10. The van der Waals surface area contributed by atoms with Gasteiger partial charge in [0, 0.05) is 18.7 Å². The van der Waals surface area contributed by atoms with Crippen LogP contribution in [0.1, 0.15) is 39.7 Å². The number of carbonyl (C=O) groups is 1. The first-order valence-electron chi connectivity index (χ1n) is 11.7. The summed E-state index contributed by atoms with van der Waals surface area (Å²) in [6.45, 7) is 0.545. The number of rotatable bonds is 5. The van der Waals surface area contributed by atoms with Crippen LogP contribution >= 0.6 is 11.3 Å². The number of thiophene rings is 1. The van der Waals surface area contributed by atoms with Crippen molar-refractivity contribution in [3.8, 4) is 10.6 Å². The predicted molar refractivity (Wildman–Crippen MR) is 132 cm³/mol. The van der Waals surface area contributed by atoms with E-state index in [9.17, 15) is 26.4 Å². The number of sulfone groups is 1. The predicted octanol–water partition coefficient (Wildman–Crippen LogP) is 3.45. The summed E-state index contributed by atoms with van der Waals surface area (Å²) in [5.41, 5.74) is 5.33. The van der Waals surface area contributed by atoms with E-state index in [1.165, 1.54) is 4.90 Å². The van der Waals surface area contributed by atoms with Crippen molar-refractivity contribution in [1.29, 1.82) is 0 Å². The van der Waals surface area contributed by atoms with Crippen LogP contribution in [0.3, 0.4) is 0 Å². The van der Waals surface area contributed by atoms with E-state index in [-0.39, 0.29) is 58.1 Å². The van der Waals surface area contributed by atoms with E-state index in [4.69, 9.17) is 10.5 Å². The van der Waals surface area contributed by atoms with Gasteiger partial charge in [0.1, 0.15) is 16.3 Å². The third kappa shape index (κ3) is 4.47. The van der Waals surface area contributed by atoms with E-state index in [2.05, 4.69) is 20.3 Å². The van der Waals surface area contributed by atoms with Gasteiger partial charge < -0.3 is 20.7 Å². The maximum Gasteiger partial charge on any atom is 0.420 e. The van der Waals surface area contributed by atoms with Gasteiger partial charge in [-0.1, -0.05) is 0 Å². The molecule has 3 aliphatic rings. The van der Waals surface area contributed by atoms with Gasteiger partial charge in [0.05, 0.1) is 51.9 Å². The molecule has 0 aromatic carbocycles. The number of nitrogens with one attached hydrogen (secondary N) is 1. The molecule has 0 radical (unpaired) electrons. The van der Waals surface area contributed by atoms with Gasteiger partial charge in [0.25, 0.3) is 5.91 Å². The molecule has 1 saturated heterocycles. The lowest BCUT2D eigenvalue weighted by molar-refractivity contribution is -0.137. The van der Waals surface area contributed by atoms with Crippen molar-refractivity contribution in [3.63, 3.8) is 0 Å². The number of ether oxygens (including phenoxy) is 1. The summed E-state index contributed by atoms with van der Waals surface area (Å²) < 4.78 is 73.1. The van der Waals surface area contributed by atoms with Crippen LogP contribution in [0.15, 0.2) is 29.3 Å². The van der Waals surface area contributed by atoms with E-state index >= 15 is 0 Å². The topological polar surface area (TPSA) is 140 Å². The summed E-state index contributed by atoms with van der Waals surface area (Å²) in [6.07, 6.45) is -2.35. The first kappa shape index (κ1) is 25.0. The van der Waals surface area contributed by atoms with Crippen LogP contribution in [0.25, 0.3) is 10.6 Å². The van der Waals surface area contributed by atoms with Crippen molar-refractivity contribution in [2.75, 3.05) is 36.6 Å². The van der Waals surface area contributed by atoms with E-state index in [1.807, 2.05) is 0 Å². The number of nitrogen functional groups attached to an aromatic ring is 1. The Kier molecular flexibility index (Phi) is 5.84. The largest absolute Gasteiger partial charge is 0.420 e. The second-order valence-corrected chi connectivity index (χ2v) is 12.5. The molecule has 3 N–H and O–H groups in total. The van der Waals surface area contributed by atoms with Crippen molar-refractivity contribution < 1.29 is 31.1 Å². The van der Waals surface area contributed by atoms with Crippen molar-refractivity contribution in [2.24, 2.45) is 0 Å². The highest BCUT2D eigenvalue weighted by molar-refractivity contribution is 7.91. The Morgan fingerprint density at radius 3 is 2.61 bits per heavy atom. The molecule has 10 nitrogen and oxygen atoms in total. The molecule has 0 atom stereocenters. The Labute approximate surface area is 219 Å². The first-order chi connectivity index (χ1) is 18.0. The van der Waals surface area contributed by atoms with E-state index in [1.54, 1.807) is 12.1 Å². The third-order valence-corrected chi connectivity index (χ3v) is 9.61. The number of alkyl halides is 3. The molecule has 2 aliphatic heterocycles. The van der Waals surface area contributed by atoms with Crippen LogP contribution in [0, 0.1) is 0 Å². The Hall–Kier alpha value is -3.30. The number of aromatic nitrogens is 3. The molecule has 0 bridgehead atoms. The second-order valence-electron chi connectivity index (χ2n) is 9.33. The van der Waals surface area contributed by atoms with Crippen LogP contribution in [-0.4, -0.2) is 65.7 Å². The van der Waals surface area contributed by atoms with Crippen molar-refractivity contribution in [1.82, 2.24) is 19.9 Å². The fourth-order valence-electron chi connectivity index (χ4n) is 4.41. The summed E-state index contributed by atoms with van der Waals surface area (Å²) in [5.74, 6) is -0.515. The Bertz CT molecular complexity index is 1550. The molecule has 0 spiro atoms. The molecule has 15 heteroatoms. The molecule has 5 heterocycles. The van der Waals surface area contributed by atoms with Gasteiger partial charge in [-0.15, -0.1) is 11.3 Å². The van der Waals surface area contributed by atoms with Gasteiger partial charge >= 0.3 is 6.18 Å². The van der Waals surface area contributed by atoms with Crippen LogP contribution in [0.5, 0.6) is 0 Å². The number of hydrogen-bond donors (Lipinski definition) is 2. The summed E-state index contributed by atoms with van der Waals surface area (Å²) in [6, 6.07) is 4.05. The van der Waals surface area contributed by atoms with Crippen LogP contribution in [-0.2, 0) is 20.8 Å². The van der Waals surface area contributed by atoms with Gasteiger partial charge in [-0.05, 0) is 31.0 Å². The van der Waals surface area contributed by atoms with Crippen molar-refractivity contribution >= 4 is 44.5 Å². The lowest BCUT2D eigenvalue weighted by Crippen LogP contribution is -2.52. The van der Waals surface area contributed by atoms with Gasteiger partial charge in [-0.3, -0.25) is 4.79 Å². The number of pyridine rings is 1. The van der Waals surface area contributed by atoms with E-state index in [0.717, 1.165) is 18.9 Å². The summed E-state index contributed by atoms with van der Waals surface area (Å²) in [5, 5.41) is 2.93. The quantitative estimate of drug-likeness (QED) is 0.475. The Morgan fingerprint density at radius 2 is 1.95 bits per heavy atom. The number of fused-ring (bicyclic) bond motifs is 1. The van der Waals surface area contributed by atoms with E-state index < -0.39 is 33.2 Å². The lowest BCUT2D eigenvalue weighted by atomic mass is 10.2. The van der Waals surface area contributed by atoms with Crippen molar-refractivity contribution in [3.05, 3.63) is 40.5 Å². The maximum absolute atomic E-state index is 14.0. The minimum Gasteiger partial charge on any atom is -0.384 e. The molecule has 200 valence electrons. The van der Waals surface area contributed by atoms with E-state index in [0.29, 0.717) is 34.7 Å². The lowest BCUT2D eigenvalue weighted by Gasteiger charge is -2.36. The molecular weight excluding hydrogens is 545 g/mol. The normalized spacial score (nSPS) is 19.6. The molecule has 1 saturated carbocycles. The summed E-state index contributed by atoms with van der Waals surface area (Å²) in [7, 11) is -3.92. The average molecular weight is 567 g/mol. The first-order valence-corrected chi connectivity index (χ1v) is 14.2. The minimum absolute atomic E-state index is 0.0136.